The van der Waals surface area contributed by atoms with Crippen molar-refractivity contribution in [3.63, 3.8) is 0 Å². The first-order valence-corrected chi connectivity index (χ1v) is 4.92. The van der Waals surface area contributed by atoms with E-state index in [4.69, 9.17) is 4.42 Å². The summed E-state index contributed by atoms with van der Waals surface area (Å²) in [5.41, 5.74) is -0.274. The van der Waals surface area contributed by atoms with E-state index in [1.54, 1.807) is 6.92 Å². The number of nitrogens with one attached hydrogen (secondary N) is 1. The Balaban J connectivity index is 2.39. The van der Waals surface area contributed by atoms with Gasteiger partial charge in [-0.2, -0.15) is 0 Å². The Labute approximate surface area is 91.3 Å². The molecule has 0 unspecified atom stereocenters. The number of aryl methyl sites for hydroxylation is 2. The summed E-state index contributed by atoms with van der Waals surface area (Å²) in [6.45, 7) is 3.82. The highest BCUT2D eigenvalue weighted by molar-refractivity contribution is 5.07. The third kappa shape index (κ3) is 1.98. The Kier molecular flexibility index (Phi) is 2.52. The minimum absolute atomic E-state index is 0.324. The second-order valence-corrected chi connectivity index (χ2v) is 3.71. The Morgan fingerprint density at radius 1 is 1.31 bits per heavy atom. The number of hydrogen-bond acceptors (Lipinski definition) is 3. The molecule has 0 fully saturated rings. The second-order valence-electron chi connectivity index (χ2n) is 3.71. The van der Waals surface area contributed by atoms with Crippen LogP contribution in [0.2, 0.25) is 0 Å². The molecule has 0 radical (unpaired) electrons. The normalized spacial score (nSPS) is 10.6. The minimum atomic E-state index is -0.426. The molecule has 0 aliphatic heterocycles. The molecule has 5 heteroatoms. The van der Waals surface area contributed by atoms with Crippen molar-refractivity contribution in [1.82, 2.24) is 9.55 Å². The molecule has 2 heterocycles. The molecule has 1 N–H and O–H groups in total. The number of H-pyrrole nitrogens is 1. The van der Waals surface area contributed by atoms with Gasteiger partial charge in [-0.3, -0.25) is 14.3 Å². The molecule has 0 saturated carbocycles. The molecule has 0 bridgehead atoms. The quantitative estimate of drug-likeness (QED) is 0.813. The van der Waals surface area contributed by atoms with Crippen molar-refractivity contribution in [2.75, 3.05) is 0 Å². The van der Waals surface area contributed by atoms with Crippen LogP contribution in [0.1, 0.15) is 17.1 Å². The Morgan fingerprint density at radius 3 is 2.69 bits per heavy atom. The van der Waals surface area contributed by atoms with Crippen LogP contribution in [0, 0.1) is 13.8 Å². The van der Waals surface area contributed by atoms with E-state index < -0.39 is 5.69 Å². The van der Waals surface area contributed by atoms with Gasteiger partial charge >= 0.3 is 5.69 Å². The summed E-state index contributed by atoms with van der Waals surface area (Å²) in [6, 6.07) is 3.64. The van der Waals surface area contributed by atoms with E-state index in [2.05, 4.69) is 4.98 Å². The van der Waals surface area contributed by atoms with E-state index in [-0.39, 0.29) is 5.56 Å². The molecule has 0 aromatic carbocycles. The van der Waals surface area contributed by atoms with Crippen molar-refractivity contribution in [2.45, 2.75) is 20.4 Å². The van der Waals surface area contributed by atoms with E-state index in [1.165, 1.54) is 10.8 Å². The fourth-order valence-electron chi connectivity index (χ4n) is 1.47. The number of hydrogen-bond donors (Lipinski definition) is 1. The smallest absolute Gasteiger partial charge is 0.328 e. The van der Waals surface area contributed by atoms with Gasteiger partial charge in [-0.05, 0) is 26.0 Å². The molecular weight excluding hydrogens is 208 g/mol. The highest BCUT2D eigenvalue weighted by atomic mass is 16.3. The fourth-order valence-corrected chi connectivity index (χ4v) is 1.47. The van der Waals surface area contributed by atoms with Crippen LogP contribution < -0.4 is 11.2 Å². The van der Waals surface area contributed by atoms with E-state index in [1.807, 2.05) is 19.1 Å². The second kappa shape index (κ2) is 3.84. The molecular formula is C11H12N2O3. The molecule has 0 atom stereocenters. The van der Waals surface area contributed by atoms with Gasteiger partial charge in [0.05, 0.1) is 6.54 Å². The first kappa shape index (κ1) is 10.5. The average molecular weight is 220 g/mol. The molecule has 0 amide bonds. The van der Waals surface area contributed by atoms with Crippen LogP contribution in [0.25, 0.3) is 0 Å². The molecule has 2 aromatic rings. The minimum Gasteiger partial charge on any atom is -0.464 e. The van der Waals surface area contributed by atoms with Crippen molar-refractivity contribution in [1.29, 1.82) is 0 Å². The first-order valence-electron chi connectivity index (χ1n) is 4.92. The lowest BCUT2D eigenvalue weighted by Gasteiger charge is -2.03. The monoisotopic (exact) mass is 220 g/mol. The van der Waals surface area contributed by atoms with Crippen molar-refractivity contribution in [3.05, 3.63) is 56.3 Å². The van der Waals surface area contributed by atoms with Gasteiger partial charge in [0.15, 0.2) is 0 Å². The maximum atomic E-state index is 11.5. The third-order valence-electron chi connectivity index (χ3n) is 2.31. The van der Waals surface area contributed by atoms with Crippen LogP contribution in [0.5, 0.6) is 0 Å². The number of rotatable bonds is 2. The fraction of sp³-hybridized carbons (Fsp3) is 0.273. The summed E-state index contributed by atoms with van der Waals surface area (Å²) in [5, 5.41) is 0. The van der Waals surface area contributed by atoms with Crippen molar-refractivity contribution in [3.8, 4) is 0 Å². The van der Waals surface area contributed by atoms with Crippen LogP contribution in [0.15, 0.2) is 32.3 Å². The summed E-state index contributed by atoms with van der Waals surface area (Å²) in [6.07, 6.45) is 1.53. The topological polar surface area (TPSA) is 68.0 Å². The van der Waals surface area contributed by atoms with Gasteiger partial charge in [0, 0.05) is 11.8 Å². The van der Waals surface area contributed by atoms with Gasteiger partial charge in [0.1, 0.15) is 11.5 Å². The molecule has 5 nitrogen and oxygen atoms in total. The van der Waals surface area contributed by atoms with Gasteiger partial charge in [-0.25, -0.2) is 4.79 Å². The summed E-state index contributed by atoms with van der Waals surface area (Å²) < 4.78 is 6.77. The lowest BCUT2D eigenvalue weighted by molar-refractivity contribution is 0.464. The number of aromatic amines is 1. The largest absolute Gasteiger partial charge is 0.464 e. The van der Waals surface area contributed by atoms with Crippen LogP contribution in [-0.2, 0) is 6.54 Å². The van der Waals surface area contributed by atoms with Gasteiger partial charge < -0.3 is 4.42 Å². The summed E-state index contributed by atoms with van der Waals surface area (Å²) in [5.74, 6) is 1.48. The van der Waals surface area contributed by atoms with Crippen LogP contribution in [-0.4, -0.2) is 9.55 Å². The highest BCUT2D eigenvalue weighted by Crippen LogP contribution is 2.06. The summed E-state index contributed by atoms with van der Waals surface area (Å²) in [7, 11) is 0. The van der Waals surface area contributed by atoms with Crippen molar-refractivity contribution < 1.29 is 4.42 Å². The maximum absolute atomic E-state index is 11.5. The Hall–Kier alpha value is -2.04. The van der Waals surface area contributed by atoms with Crippen molar-refractivity contribution in [2.24, 2.45) is 0 Å². The third-order valence-corrected chi connectivity index (χ3v) is 2.31. The molecule has 0 saturated heterocycles. The van der Waals surface area contributed by atoms with Gasteiger partial charge in [-0.15, -0.1) is 0 Å². The lowest BCUT2D eigenvalue weighted by Crippen LogP contribution is -2.30. The molecule has 2 rings (SSSR count). The Morgan fingerprint density at radius 2 is 2.06 bits per heavy atom. The van der Waals surface area contributed by atoms with Gasteiger partial charge in [0.2, 0.25) is 0 Å². The highest BCUT2D eigenvalue weighted by Gasteiger charge is 2.04. The van der Waals surface area contributed by atoms with E-state index in [0.29, 0.717) is 17.9 Å². The van der Waals surface area contributed by atoms with Crippen LogP contribution in [0.3, 0.4) is 0 Å². The molecule has 0 aliphatic carbocycles. The molecule has 84 valence electrons. The van der Waals surface area contributed by atoms with E-state index in [0.717, 1.165) is 5.76 Å². The molecule has 2 aromatic heterocycles. The van der Waals surface area contributed by atoms with Gasteiger partial charge in [0.25, 0.3) is 5.56 Å². The van der Waals surface area contributed by atoms with Gasteiger partial charge in [-0.1, -0.05) is 0 Å². The molecule has 0 spiro atoms. The van der Waals surface area contributed by atoms with E-state index in [9.17, 15) is 9.59 Å². The lowest BCUT2D eigenvalue weighted by atomic mass is 10.3. The molecule has 0 aliphatic rings. The number of aromatic nitrogens is 2. The predicted molar refractivity (Wildman–Crippen MR) is 58.6 cm³/mol. The maximum Gasteiger partial charge on any atom is 0.328 e. The van der Waals surface area contributed by atoms with Crippen molar-refractivity contribution >= 4 is 0 Å². The number of furan rings is 1. The van der Waals surface area contributed by atoms with Crippen LogP contribution in [0.4, 0.5) is 0 Å². The number of nitrogens with zero attached hydrogens (tertiary/aromatic N) is 1. The molecule has 16 heavy (non-hydrogen) atoms. The van der Waals surface area contributed by atoms with E-state index >= 15 is 0 Å². The van der Waals surface area contributed by atoms with Crippen LogP contribution >= 0.6 is 0 Å². The summed E-state index contributed by atoms with van der Waals surface area (Å²) >= 11 is 0. The standard InChI is InChI=1S/C11H12N2O3/c1-7-5-13(11(15)12-10(7)14)6-9-4-3-8(2)16-9/h3-5H,6H2,1-2H3,(H,12,14,15). The zero-order valence-electron chi connectivity index (χ0n) is 9.11. The SMILES string of the molecule is Cc1ccc(Cn2cc(C)c(=O)[nH]c2=O)o1. The Bertz CT molecular complexity index is 619. The zero-order chi connectivity index (χ0) is 11.7. The average Bonchev–Trinajstić information content (AvgIpc) is 2.60. The zero-order valence-corrected chi connectivity index (χ0v) is 9.11. The first-order chi connectivity index (χ1) is 7.56. The predicted octanol–water partition coefficient (Wildman–Crippen LogP) is 0.795. The summed E-state index contributed by atoms with van der Waals surface area (Å²) in [4.78, 5) is 24.9.